The second kappa shape index (κ2) is 6.05. The summed E-state index contributed by atoms with van der Waals surface area (Å²) in [5.74, 6) is -0.847. The molecule has 2 aliphatic rings. The second-order valence-corrected chi connectivity index (χ2v) is 6.77. The summed E-state index contributed by atoms with van der Waals surface area (Å²) in [6.07, 6.45) is 0.490. The Bertz CT molecular complexity index is 921. The van der Waals surface area contributed by atoms with Crippen molar-refractivity contribution in [3.8, 4) is 16.9 Å². The Kier molecular flexibility index (Phi) is 3.83. The third-order valence-electron chi connectivity index (χ3n) is 5.22. The second-order valence-electron chi connectivity index (χ2n) is 6.77. The largest absolute Gasteiger partial charge is 0.508 e. The highest BCUT2D eigenvalue weighted by atomic mass is 19.1. The van der Waals surface area contributed by atoms with Crippen molar-refractivity contribution in [1.82, 2.24) is 10.2 Å². The average Bonchev–Trinajstić information content (AvgIpc) is 3.10. The van der Waals surface area contributed by atoms with Gasteiger partial charge in [0, 0.05) is 36.1 Å². The van der Waals surface area contributed by atoms with Crippen molar-refractivity contribution < 1.29 is 14.3 Å². The molecule has 0 saturated heterocycles. The maximum absolute atomic E-state index is 14.7. The number of halogens is 1. The summed E-state index contributed by atoms with van der Waals surface area (Å²) < 4.78 is 14.7. The first-order chi connectivity index (χ1) is 12.5. The molecule has 2 aromatic rings. The number of aromatic hydroxyl groups is 1. The SMILES string of the molecule is CC1=C(CC2C(=O)Nc3ccc(F)c(-c4ccc(O)cc4)c32)NCN1C. The first-order valence-electron chi connectivity index (χ1n) is 8.53. The zero-order valence-corrected chi connectivity index (χ0v) is 14.6. The number of nitrogens with zero attached hydrogens (tertiary/aromatic N) is 1. The lowest BCUT2D eigenvalue weighted by Gasteiger charge is -2.16. The van der Waals surface area contributed by atoms with Gasteiger partial charge in [0.25, 0.3) is 0 Å². The molecule has 1 amide bonds. The van der Waals surface area contributed by atoms with Crippen LogP contribution in [0, 0.1) is 5.82 Å². The third-order valence-corrected chi connectivity index (χ3v) is 5.22. The van der Waals surface area contributed by atoms with Gasteiger partial charge in [-0.15, -0.1) is 0 Å². The number of phenolic OH excluding ortho intramolecular Hbond substituents is 1. The lowest BCUT2D eigenvalue weighted by molar-refractivity contribution is -0.117. The first-order valence-corrected chi connectivity index (χ1v) is 8.53. The highest BCUT2D eigenvalue weighted by molar-refractivity contribution is 6.05. The number of hydrogen-bond donors (Lipinski definition) is 3. The highest BCUT2D eigenvalue weighted by Crippen LogP contribution is 2.44. The van der Waals surface area contributed by atoms with Crippen molar-refractivity contribution in [1.29, 1.82) is 0 Å². The molecule has 1 unspecified atom stereocenters. The molecule has 2 heterocycles. The Morgan fingerprint density at radius 2 is 1.96 bits per heavy atom. The smallest absolute Gasteiger partial charge is 0.232 e. The number of allylic oxidation sites excluding steroid dienone is 2. The van der Waals surface area contributed by atoms with Gasteiger partial charge in [-0.25, -0.2) is 4.39 Å². The minimum atomic E-state index is -0.464. The van der Waals surface area contributed by atoms with E-state index >= 15 is 0 Å². The van der Waals surface area contributed by atoms with E-state index in [1.54, 1.807) is 18.2 Å². The van der Waals surface area contributed by atoms with Crippen molar-refractivity contribution in [2.45, 2.75) is 19.3 Å². The van der Waals surface area contributed by atoms with Crippen LogP contribution in [-0.4, -0.2) is 29.6 Å². The van der Waals surface area contributed by atoms with Gasteiger partial charge in [-0.1, -0.05) is 12.1 Å². The maximum atomic E-state index is 14.7. The molecule has 0 fully saturated rings. The molecule has 2 aliphatic heterocycles. The number of benzene rings is 2. The van der Waals surface area contributed by atoms with Gasteiger partial charge in [0.15, 0.2) is 0 Å². The molecule has 26 heavy (non-hydrogen) atoms. The molecule has 0 spiro atoms. The molecule has 0 bridgehead atoms. The molecule has 6 heteroatoms. The molecular formula is C20H20FN3O2. The van der Waals surface area contributed by atoms with E-state index in [9.17, 15) is 14.3 Å². The fourth-order valence-electron chi connectivity index (χ4n) is 3.65. The van der Waals surface area contributed by atoms with E-state index in [1.165, 1.54) is 18.2 Å². The highest BCUT2D eigenvalue weighted by Gasteiger charge is 2.36. The lowest BCUT2D eigenvalue weighted by Crippen LogP contribution is -2.19. The Labute approximate surface area is 151 Å². The van der Waals surface area contributed by atoms with E-state index in [0.29, 0.717) is 35.5 Å². The normalized spacial score (nSPS) is 18.8. The third kappa shape index (κ3) is 2.58. The van der Waals surface area contributed by atoms with Crippen LogP contribution in [0.5, 0.6) is 5.75 Å². The van der Waals surface area contributed by atoms with Crippen LogP contribution in [0.2, 0.25) is 0 Å². The summed E-state index contributed by atoms with van der Waals surface area (Å²) >= 11 is 0. The van der Waals surface area contributed by atoms with Crippen molar-refractivity contribution in [3.63, 3.8) is 0 Å². The monoisotopic (exact) mass is 353 g/mol. The number of carbonyl (C=O) groups excluding carboxylic acids is 1. The number of rotatable bonds is 3. The number of phenols is 1. The quantitative estimate of drug-likeness (QED) is 0.792. The number of nitrogens with one attached hydrogen (secondary N) is 2. The summed E-state index contributed by atoms with van der Waals surface area (Å²) in [5.41, 5.74) is 4.47. The summed E-state index contributed by atoms with van der Waals surface area (Å²) in [6.45, 7) is 2.71. The van der Waals surface area contributed by atoms with Crippen LogP contribution in [0.3, 0.4) is 0 Å². The molecule has 1 atom stereocenters. The van der Waals surface area contributed by atoms with Gasteiger partial charge in [-0.2, -0.15) is 0 Å². The molecule has 5 nitrogen and oxygen atoms in total. The first kappa shape index (κ1) is 16.4. The zero-order chi connectivity index (χ0) is 18.4. The summed E-state index contributed by atoms with van der Waals surface area (Å²) in [5, 5.41) is 15.7. The van der Waals surface area contributed by atoms with Crippen molar-refractivity contribution in [3.05, 3.63) is 59.2 Å². The molecule has 0 saturated carbocycles. The van der Waals surface area contributed by atoms with Crippen LogP contribution in [0.25, 0.3) is 11.1 Å². The van der Waals surface area contributed by atoms with Crippen LogP contribution in [-0.2, 0) is 4.79 Å². The van der Waals surface area contributed by atoms with Gasteiger partial charge in [0.05, 0.1) is 12.6 Å². The molecule has 134 valence electrons. The molecule has 0 radical (unpaired) electrons. The van der Waals surface area contributed by atoms with Gasteiger partial charge in [0.1, 0.15) is 11.6 Å². The molecule has 0 aliphatic carbocycles. The summed E-state index contributed by atoms with van der Waals surface area (Å²) in [4.78, 5) is 14.7. The fraction of sp³-hybridized carbons (Fsp3) is 0.250. The van der Waals surface area contributed by atoms with E-state index in [0.717, 1.165) is 11.4 Å². The number of anilines is 1. The van der Waals surface area contributed by atoms with Crippen molar-refractivity contribution >= 4 is 11.6 Å². The minimum absolute atomic E-state index is 0.117. The van der Waals surface area contributed by atoms with Gasteiger partial charge in [-0.3, -0.25) is 4.79 Å². The summed E-state index contributed by atoms with van der Waals surface area (Å²) in [6, 6.07) is 9.36. The van der Waals surface area contributed by atoms with Crippen LogP contribution in [0.1, 0.15) is 24.8 Å². The van der Waals surface area contributed by atoms with E-state index in [-0.39, 0.29) is 17.5 Å². The van der Waals surface area contributed by atoms with Gasteiger partial charge in [-0.05, 0) is 42.3 Å². The predicted octanol–water partition coefficient (Wildman–Crippen LogP) is 3.35. The van der Waals surface area contributed by atoms with E-state index in [4.69, 9.17) is 0 Å². The molecule has 2 aromatic carbocycles. The van der Waals surface area contributed by atoms with E-state index in [2.05, 4.69) is 15.5 Å². The molecule has 3 N–H and O–H groups in total. The molecule has 4 rings (SSSR count). The molecule has 0 aromatic heterocycles. The van der Waals surface area contributed by atoms with E-state index < -0.39 is 5.92 Å². The Balaban J connectivity index is 1.81. The average molecular weight is 353 g/mol. The topological polar surface area (TPSA) is 64.6 Å². The van der Waals surface area contributed by atoms with Gasteiger partial charge in [0.2, 0.25) is 5.91 Å². The molecular weight excluding hydrogens is 333 g/mol. The minimum Gasteiger partial charge on any atom is -0.508 e. The number of carbonyl (C=O) groups is 1. The number of amides is 1. The predicted molar refractivity (Wildman–Crippen MR) is 98.0 cm³/mol. The lowest BCUT2D eigenvalue weighted by atomic mass is 9.88. The zero-order valence-electron chi connectivity index (χ0n) is 14.6. The van der Waals surface area contributed by atoms with Gasteiger partial charge >= 0.3 is 0 Å². The number of fused-ring (bicyclic) bond motifs is 1. The maximum Gasteiger partial charge on any atom is 0.232 e. The Hall–Kier alpha value is -3.02. The van der Waals surface area contributed by atoms with Crippen LogP contribution in [0.15, 0.2) is 47.8 Å². The van der Waals surface area contributed by atoms with Crippen LogP contribution in [0.4, 0.5) is 10.1 Å². The van der Waals surface area contributed by atoms with Crippen molar-refractivity contribution in [2.75, 3.05) is 19.0 Å². The number of hydrogen-bond acceptors (Lipinski definition) is 4. The fourth-order valence-corrected chi connectivity index (χ4v) is 3.65. The van der Waals surface area contributed by atoms with Crippen LogP contribution < -0.4 is 10.6 Å². The Morgan fingerprint density at radius 1 is 1.23 bits per heavy atom. The van der Waals surface area contributed by atoms with Crippen LogP contribution >= 0.6 is 0 Å². The standard InChI is InChI=1S/C20H20FN3O2/c1-11-17(22-10-24(11)2)9-14-19-16(23-20(14)26)8-7-15(21)18(19)12-3-5-13(25)6-4-12/h3-8,14,22,25H,9-10H2,1-2H3,(H,23,26). The van der Waals surface area contributed by atoms with Gasteiger partial charge < -0.3 is 20.6 Å². The Morgan fingerprint density at radius 3 is 2.62 bits per heavy atom. The van der Waals surface area contributed by atoms with E-state index in [1.807, 2.05) is 14.0 Å². The van der Waals surface area contributed by atoms with Crippen molar-refractivity contribution in [2.24, 2.45) is 0 Å². The summed E-state index contributed by atoms with van der Waals surface area (Å²) in [7, 11) is 1.99.